The van der Waals surface area contributed by atoms with E-state index < -0.39 is 12.1 Å². The largest absolute Gasteiger partial charge is 0.453 e. The number of nitrogens with one attached hydrogen (secondary N) is 2. The number of methoxy groups -OCH3 is 1. The average molecular weight is 607 g/mol. The van der Waals surface area contributed by atoms with Crippen LogP contribution in [-0.4, -0.2) is 49.5 Å². The van der Waals surface area contributed by atoms with E-state index in [1.165, 1.54) is 24.2 Å². The normalized spacial score (nSPS) is 11.6. The third-order valence-corrected chi connectivity index (χ3v) is 6.85. The van der Waals surface area contributed by atoms with Crippen molar-refractivity contribution in [1.82, 2.24) is 35.7 Å². The maximum absolute atomic E-state index is 13.3. The summed E-state index contributed by atoms with van der Waals surface area (Å²) in [5.41, 5.74) is 5.62. The highest BCUT2D eigenvalue weighted by atomic mass is 35.5. The zero-order valence-corrected chi connectivity index (χ0v) is 24.3. The van der Waals surface area contributed by atoms with Gasteiger partial charge in [-0.15, -0.1) is 5.10 Å². The molecule has 0 aliphatic heterocycles. The van der Waals surface area contributed by atoms with Gasteiger partial charge in [-0.3, -0.25) is 10.1 Å². The van der Waals surface area contributed by atoms with E-state index in [1.807, 2.05) is 48.5 Å². The number of benzene rings is 3. The molecule has 220 valence electrons. The van der Waals surface area contributed by atoms with Gasteiger partial charge in [0.25, 0.3) is 0 Å². The smallest absolute Gasteiger partial charge is 0.411 e. The molecule has 0 unspecified atom stereocenters. The molecule has 0 aliphatic rings. The molecule has 11 nitrogen and oxygen atoms in total. The van der Waals surface area contributed by atoms with E-state index in [1.54, 1.807) is 42.5 Å². The van der Waals surface area contributed by atoms with Crippen molar-refractivity contribution in [2.45, 2.75) is 12.5 Å². The lowest BCUT2D eigenvalue weighted by Crippen LogP contribution is -2.29. The predicted octanol–water partition coefficient (Wildman–Crippen LogP) is 5.71. The third kappa shape index (κ3) is 7.39. The Morgan fingerprint density at radius 2 is 1.84 bits per heavy atom. The molecule has 2 N–H and O–H groups in total. The van der Waals surface area contributed by atoms with Gasteiger partial charge in [0.2, 0.25) is 5.91 Å². The van der Waals surface area contributed by atoms with Crippen molar-refractivity contribution >= 4 is 41.4 Å². The number of rotatable bonds is 10. The molecular formula is C32H27ClN8O3. The lowest BCUT2D eigenvalue weighted by molar-refractivity contribution is -0.117. The summed E-state index contributed by atoms with van der Waals surface area (Å²) in [6.07, 6.45) is 6.07. The van der Waals surface area contributed by atoms with E-state index in [-0.39, 0.29) is 5.91 Å². The van der Waals surface area contributed by atoms with E-state index in [2.05, 4.69) is 47.7 Å². The zero-order chi connectivity index (χ0) is 30.9. The number of amides is 2. The lowest BCUT2D eigenvalue weighted by atomic mass is 9.98. The fourth-order valence-electron chi connectivity index (χ4n) is 4.47. The van der Waals surface area contributed by atoms with Gasteiger partial charge in [-0.2, -0.15) is 14.9 Å². The van der Waals surface area contributed by atoms with Gasteiger partial charge in [0.1, 0.15) is 6.33 Å². The van der Waals surface area contributed by atoms with Crippen molar-refractivity contribution in [2.75, 3.05) is 12.4 Å². The Balaban J connectivity index is 1.44. The second-order valence-corrected chi connectivity index (χ2v) is 9.94. The molecule has 0 spiro atoms. The Morgan fingerprint density at radius 3 is 2.55 bits per heavy atom. The fraction of sp³-hybridized carbons (Fsp3) is 0.0938. The topological polar surface area (TPSA) is 137 Å². The Kier molecular flexibility index (Phi) is 9.48. The summed E-state index contributed by atoms with van der Waals surface area (Å²) < 4.78 is 6.15. The number of hydrogen-bond donors (Lipinski definition) is 2. The molecule has 0 fully saturated rings. The molecule has 5 aromatic rings. The predicted molar refractivity (Wildman–Crippen MR) is 168 cm³/mol. The van der Waals surface area contributed by atoms with Crippen LogP contribution < -0.4 is 10.6 Å². The Morgan fingerprint density at radius 1 is 1.05 bits per heavy atom. The molecule has 1 atom stereocenters. The molecular weight excluding hydrogens is 580 g/mol. The number of ether oxygens (including phenoxy) is 1. The van der Waals surface area contributed by atoms with E-state index in [4.69, 9.17) is 11.6 Å². The van der Waals surface area contributed by atoms with Crippen LogP contribution in [0.5, 0.6) is 0 Å². The second-order valence-electron chi connectivity index (χ2n) is 9.51. The van der Waals surface area contributed by atoms with E-state index in [9.17, 15) is 9.59 Å². The number of hydrogen-bond acceptors (Lipinski definition) is 8. The second kappa shape index (κ2) is 14.0. The van der Waals surface area contributed by atoms with E-state index in [0.29, 0.717) is 39.8 Å². The van der Waals surface area contributed by atoms with Crippen LogP contribution in [0.1, 0.15) is 28.6 Å². The molecule has 5 rings (SSSR count). The summed E-state index contributed by atoms with van der Waals surface area (Å²) in [5, 5.41) is 26.4. The minimum atomic E-state index is -0.562. The van der Waals surface area contributed by atoms with Gasteiger partial charge in [-0.05, 0) is 76.5 Å². The van der Waals surface area contributed by atoms with Gasteiger partial charge in [0, 0.05) is 27.9 Å². The Bertz CT molecular complexity index is 1790. The summed E-state index contributed by atoms with van der Waals surface area (Å²) in [4.78, 5) is 24.9. The van der Waals surface area contributed by atoms with Crippen molar-refractivity contribution in [1.29, 1.82) is 0 Å². The quantitative estimate of drug-likeness (QED) is 0.193. The monoisotopic (exact) mass is 606 g/mol. The number of carbonyl (C=O) groups excluding carboxylic acids is 2. The van der Waals surface area contributed by atoms with Crippen molar-refractivity contribution in [3.05, 3.63) is 125 Å². The molecule has 2 aromatic heterocycles. The van der Waals surface area contributed by atoms with Crippen molar-refractivity contribution < 1.29 is 14.3 Å². The van der Waals surface area contributed by atoms with Gasteiger partial charge in [-0.25, -0.2) is 4.79 Å². The Labute approximate surface area is 258 Å². The van der Waals surface area contributed by atoms with E-state index >= 15 is 0 Å². The van der Waals surface area contributed by atoms with Crippen LogP contribution in [0.2, 0.25) is 5.02 Å². The van der Waals surface area contributed by atoms with Gasteiger partial charge in [0.05, 0.1) is 30.2 Å². The summed E-state index contributed by atoms with van der Waals surface area (Å²) in [6, 6.07) is 23.6. The SMILES string of the molecule is C=Cc1nnc([C@H](Cc2ccccc2)NC(=O)C=Cc2cc(Cl)ccc2-n2cnnn2)cc1-c1ccc(NC(=O)OC)cc1. The van der Waals surface area contributed by atoms with Crippen LogP contribution in [0.15, 0.2) is 97.8 Å². The first-order valence-corrected chi connectivity index (χ1v) is 13.8. The first kappa shape index (κ1) is 29.8. The fourth-order valence-corrected chi connectivity index (χ4v) is 4.65. The number of halogens is 1. The van der Waals surface area contributed by atoms with Crippen LogP contribution in [0.4, 0.5) is 10.5 Å². The zero-order valence-electron chi connectivity index (χ0n) is 23.6. The molecule has 0 radical (unpaired) electrons. The number of nitrogens with zero attached hydrogens (tertiary/aromatic N) is 6. The molecule has 44 heavy (non-hydrogen) atoms. The third-order valence-electron chi connectivity index (χ3n) is 6.62. The van der Waals surface area contributed by atoms with Crippen LogP contribution in [0.25, 0.3) is 29.0 Å². The van der Waals surface area contributed by atoms with Crippen molar-refractivity contribution in [2.24, 2.45) is 0 Å². The molecule has 0 bridgehead atoms. The van der Waals surface area contributed by atoms with Gasteiger partial charge in [0.15, 0.2) is 0 Å². The van der Waals surface area contributed by atoms with Crippen molar-refractivity contribution in [3.63, 3.8) is 0 Å². The minimum absolute atomic E-state index is 0.344. The van der Waals surface area contributed by atoms with E-state index in [0.717, 1.165) is 16.7 Å². The summed E-state index contributed by atoms with van der Waals surface area (Å²) in [5.74, 6) is -0.344. The maximum Gasteiger partial charge on any atom is 0.411 e. The Hall–Kier alpha value is -5.68. The first-order chi connectivity index (χ1) is 21.4. The summed E-state index contributed by atoms with van der Waals surface area (Å²) >= 11 is 6.23. The highest BCUT2D eigenvalue weighted by Gasteiger charge is 2.19. The molecule has 0 saturated carbocycles. The van der Waals surface area contributed by atoms with Crippen LogP contribution in [-0.2, 0) is 16.0 Å². The number of aromatic nitrogens is 6. The average Bonchev–Trinajstić information content (AvgIpc) is 3.59. The molecule has 0 aliphatic carbocycles. The van der Waals surface area contributed by atoms with Crippen LogP contribution in [0, 0.1) is 0 Å². The highest BCUT2D eigenvalue weighted by Crippen LogP contribution is 2.28. The van der Waals surface area contributed by atoms with Crippen LogP contribution >= 0.6 is 11.6 Å². The minimum Gasteiger partial charge on any atom is -0.453 e. The summed E-state index contributed by atoms with van der Waals surface area (Å²) in [7, 11) is 1.30. The lowest BCUT2D eigenvalue weighted by Gasteiger charge is -2.19. The number of carbonyl (C=O) groups is 2. The summed E-state index contributed by atoms with van der Waals surface area (Å²) in [6.45, 7) is 3.88. The van der Waals surface area contributed by atoms with Gasteiger partial charge in [-0.1, -0.05) is 60.6 Å². The molecule has 0 saturated heterocycles. The molecule has 2 amide bonds. The maximum atomic E-state index is 13.3. The number of tetrazole rings is 1. The number of anilines is 1. The van der Waals surface area contributed by atoms with Gasteiger partial charge >= 0.3 is 6.09 Å². The molecule has 3 aromatic carbocycles. The van der Waals surface area contributed by atoms with Crippen LogP contribution in [0.3, 0.4) is 0 Å². The molecule has 2 heterocycles. The van der Waals surface area contributed by atoms with Gasteiger partial charge < -0.3 is 10.1 Å². The van der Waals surface area contributed by atoms with Crippen molar-refractivity contribution in [3.8, 4) is 16.8 Å². The highest BCUT2D eigenvalue weighted by molar-refractivity contribution is 6.30. The molecule has 12 heteroatoms. The standard InChI is InChI=1S/C32H27ClN8O3/c1-3-27-26(22-9-13-25(14-10-22)35-32(43)44-2)19-29(38-37-27)28(17-21-7-5-4-6-8-21)36-31(42)16-11-23-18-24(33)12-15-30(23)41-20-34-39-40-41/h3-16,18-20,28H,1,17H2,2H3,(H,35,43)(H,36,42)/t28-/m0/s1. The first-order valence-electron chi connectivity index (χ1n) is 13.4.